The van der Waals surface area contributed by atoms with Gasteiger partial charge in [-0.3, -0.25) is 0 Å². The molecular formula is C35H41F3O12S2. The summed E-state index contributed by atoms with van der Waals surface area (Å²) in [6.07, 6.45) is -8.61. The van der Waals surface area contributed by atoms with E-state index < -0.39 is 67.6 Å². The average Bonchev–Trinajstić information content (AvgIpc) is 2.92. The van der Waals surface area contributed by atoms with Crippen molar-refractivity contribution in [3.05, 3.63) is 72.8 Å². The van der Waals surface area contributed by atoms with Crippen LogP contribution in [0.3, 0.4) is 0 Å². The molecule has 52 heavy (non-hydrogen) atoms. The van der Waals surface area contributed by atoms with Crippen molar-refractivity contribution >= 4 is 38.9 Å². The van der Waals surface area contributed by atoms with Crippen LogP contribution in [0.5, 0.6) is 17.2 Å². The largest absolute Gasteiger partial charge is 0.514 e. The summed E-state index contributed by atoms with van der Waals surface area (Å²) < 4.78 is 105. The molecule has 0 aliphatic heterocycles. The van der Waals surface area contributed by atoms with E-state index >= 15 is 0 Å². The summed E-state index contributed by atoms with van der Waals surface area (Å²) in [5.74, 6) is -2.96. The Balaban J connectivity index is 2.37. The molecule has 3 rings (SSSR count). The van der Waals surface area contributed by atoms with Gasteiger partial charge in [0.05, 0.1) is 0 Å². The summed E-state index contributed by atoms with van der Waals surface area (Å²) in [6.45, 7) is 14.4. The Bertz CT molecular complexity index is 1700. The number of rotatable bonds is 9. The van der Waals surface area contributed by atoms with Crippen LogP contribution >= 0.6 is 10.3 Å². The first-order valence-electron chi connectivity index (χ1n) is 15.5. The first-order valence-corrected chi connectivity index (χ1v) is 18.6. The third-order valence-electron chi connectivity index (χ3n) is 5.73. The molecule has 0 amide bonds. The average molecular weight is 775 g/mol. The van der Waals surface area contributed by atoms with Crippen LogP contribution in [-0.4, -0.2) is 55.6 Å². The molecule has 0 fully saturated rings. The Labute approximate surface area is 302 Å². The number of benzene rings is 3. The second-order valence-electron chi connectivity index (χ2n) is 14.1. The van der Waals surface area contributed by atoms with Crippen molar-refractivity contribution < 1.29 is 68.0 Å². The van der Waals surface area contributed by atoms with Crippen molar-refractivity contribution in [1.82, 2.24) is 0 Å². The molecule has 0 unspecified atom stereocenters. The molecule has 0 aromatic heterocycles. The molecule has 0 N–H and O–H groups in total. The van der Waals surface area contributed by atoms with Crippen LogP contribution in [0.1, 0.15) is 62.3 Å². The third-order valence-corrected chi connectivity index (χ3v) is 10.8. The SMILES string of the molecule is CC(C)(C)OC(=O)Oc1cccc(S(OS(=O)(=O)CC(F)(F)F)(c2cccc(OC(=O)OC(C)(C)C)c2)c2cccc(OC(=O)OC(C)(C)C)c2)c1. The predicted octanol–water partition coefficient (Wildman–Crippen LogP) is 9.73. The molecule has 0 heterocycles. The second-order valence-corrected chi connectivity index (χ2v) is 18.5. The zero-order valence-corrected chi connectivity index (χ0v) is 31.6. The van der Waals surface area contributed by atoms with Gasteiger partial charge in [0.2, 0.25) is 0 Å². The normalized spacial score (nSPS) is 13.1. The zero-order chi connectivity index (χ0) is 39.3. The second kappa shape index (κ2) is 15.6. The zero-order valence-electron chi connectivity index (χ0n) is 30.0. The van der Waals surface area contributed by atoms with Crippen LogP contribution in [-0.2, 0) is 28.0 Å². The van der Waals surface area contributed by atoms with Crippen LogP contribution in [0.25, 0.3) is 0 Å². The lowest BCUT2D eigenvalue weighted by molar-refractivity contribution is -0.107. The van der Waals surface area contributed by atoms with Crippen molar-refractivity contribution in [2.75, 3.05) is 5.75 Å². The van der Waals surface area contributed by atoms with E-state index in [0.717, 1.165) is 0 Å². The van der Waals surface area contributed by atoms with Crippen LogP contribution in [0.4, 0.5) is 27.6 Å². The summed E-state index contributed by atoms with van der Waals surface area (Å²) in [7, 11) is -9.43. The Morgan fingerprint density at radius 1 is 0.538 bits per heavy atom. The molecule has 17 heteroatoms. The fourth-order valence-corrected chi connectivity index (χ4v) is 9.41. The minimum Gasteiger partial charge on any atom is -0.428 e. The molecule has 3 aromatic rings. The Morgan fingerprint density at radius 3 is 1.08 bits per heavy atom. The molecule has 0 aliphatic rings. The van der Waals surface area contributed by atoms with Crippen molar-refractivity contribution in [1.29, 1.82) is 0 Å². The van der Waals surface area contributed by atoms with Gasteiger partial charge in [0.1, 0.15) is 34.1 Å². The van der Waals surface area contributed by atoms with Gasteiger partial charge in [0.15, 0.2) is 5.75 Å². The maximum absolute atomic E-state index is 13.7. The molecule has 0 bridgehead atoms. The highest BCUT2D eigenvalue weighted by molar-refractivity contribution is 8.33. The maximum Gasteiger partial charge on any atom is 0.514 e. The van der Waals surface area contributed by atoms with Gasteiger partial charge < -0.3 is 28.4 Å². The number of hydrogen-bond acceptors (Lipinski definition) is 12. The van der Waals surface area contributed by atoms with Crippen LogP contribution < -0.4 is 14.2 Å². The lowest BCUT2D eigenvalue weighted by Crippen LogP contribution is -2.27. The van der Waals surface area contributed by atoms with Gasteiger partial charge in [-0.1, -0.05) is 18.2 Å². The van der Waals surface area contributed by atoms with Crippen LogP contribution in [0.2, 0.25) is 0 Å². The van der Waals surface area contributed by atoms with E-state index in [4.69, 9.17) is 32.1 Å². The van der Waals surface area contributed by atoms with E-state index in [1.165, 1.54) is 72.8 Å². The van der Waals surface area contributed by atoms with Crippen LogP contribution in [0, 0.1) is 0 Å². The molecule has 0 radical (unpaired) electrons. The number of hydrogen-bond donors (Lipinski definition) is 0. The van der Waals surface area contributed by atoms with Crippen molar-refractivity contribution in [2.24, 2.45) is 0 Å². The van der Waals surface area contributed by atoms with E-state index in [9.17, 15) is 36.0 Å². The molecule has 0 saturated carbocycles. The summed E-state index contributed by atoms with van der Waals surface area (Å²) in [5, 5.41) is 0. The molecule has 0 saturated heterocycles. The van der Waals surface area contributed by atoms with E-state index in [1.54, 1.807) is 62.3 Å². The molecule has 286 valence electrons. The number of alkyl halides is 3. The first-order chi connectivity index (χ1) is 23.6. The van der Waals surface area contributed by atoms with E-state index in [1.807, 2.05) is 0 Å². The van der Waals surface area contributed by atoms with E-state index in [-0.39, 0.29) is 31.9 Å². The smallest absolute Gasteiger partial charge is 0.428 e. The summed E-state index contributed by atoms with van der Waals surface area (Å²) in [4.78, 5) is 37.5. The van der Waals surface area contributed by atoms with E-state index in [2.05, 4.69) is 0 Å². The molecule has 12 nitrogen and oxygen atoms in total. The number of carbonyl (C=O) groups excluding carboxylic acids is 3. The predicted molar refractivity (Wildman–Crippen MR) is 183 cm³/mol. The molecule has 0 spiro atoms. The fraction of sp³-hybridized carbons (Fsp3) is 0.400. The fourth-order valence-electron chi connectivity index (χ4n) is 4.16. The van der Waals surface area contributed by atoms with Gasteiger partial charge in [-0.2, -0.15) is 21.6 Å². The van der Waals surface area contributed by atoms with Crippen molar-refractivity contribution in [3.8, 4) is 17.2 Å². The van der Waals surface area contributed by atoms with Gasteiger partial charge >= 0.3 is 24.6 Å². The van der Waals surface area contributed by atoms with Crippen molar-refractivity contribution in [3.63, 3.8) is 0 Å². The van der Waals surface area contributed by atoms with E-state index in [0.29, 0.717) is 0 Å². The molecule has 0 atom stereocenters. The highest BCUT2D eigenvalue weighted by Gasteiger charge is 2.44. The number of carbonyl (C=O) groups is 3. The van der Waals surface area contributed by atoms with Gasteiger partial charge in [-0.25, -0.2) is 18.0 Å². The van der Waals surface area contributed by atoms with Crippen molar-refractivity contribution in [2.45, 2.75) is 100.0 Å². The first kappa shape index (κ1) is 41.9. The molecule has 0 aliphatic carbocycles. The quantitative estimate of drug-likeness (QED) is 0.116. The highest BCUT2D eigenvalue weighted by Crippen LogP contribution is 2.71. The van der Waals surface area contributed by atoms with Gasteiger partial charge in [-0.15, -0.1) is 0 Å². The van der Waals surface area contributed by atoms with Gasteiger partial charge in [0.25, 0.3) is 10.1 Å². The molecule has 3 aromatic carbocycles. The standard InChI is InChI=1S/C35H41F3O12S2/c1-32(2,3)47-29(39)44-23-13-10-16-26(19-23)52(50-51(42,43)22-35(36,37)38,27-17-11-14-24(20-27)45-30(40)48-33(4,5)6)28-18-12-15-25(21-28)46-31(41)49-34(7,8)9/h10-21H,22H2,1-9H3. The van der Waals surface area contributed by atoms with Gasteiger partial charge in [-0.05, 0) is 127 Å². The topological polar surface area (TPSA) is 150 Å². The lowest BCUT2D eigenvalue weighted by atomic mass is 10.2. The lowest BCUT2D eigenvalue weighted by Gasteiger charge is -2.39. The maximum atomic E-state index is 13.7. The summed E-state index contributed by atoms with van der Waals surface area (Å²) >= 11 is 0. The Morgan fingerprint density at radius 2 is 0.827 bits per heavy atom. The number of halogens is 3. The minimum atomic E-state index is -5.51. The monoisotopic (exact) mass is 774 g/mol. The van der Waals surface area contributed by atoms with Crippen LogP contribution in [0.15, 0.2) is 87.5 Å². The summed E-state index contributed by atoms with van der Waals surface area (Å²) in [5.41, 5.74) is -2.87. The summed E-state index contributed by atoms with van der Waals surface area (Å²) in [6, 6.07) is 15.6. The highest BCUT2D eigenvalue weighted by atomic mass is 32.3. The molecular weight excluding hydrogens is 734 g/mol. The Hall–Kier alpha value is -4.48. The van der Waals surface area contributed by atoms with Gasteiger partial charge in [0, 0.05) is 14.7 Å². The Kier molecular flexibility index (Phi) is 12.6. The third kappa shape index (κ3) is 13.2. The number of ether oxygens (including phenoxy) is 6. The minimum absolute atomic E-state index is 0.108.